The van der Waals surface area contributed by atoms with E-state index in [2.05, 4.69) is 0 Å². The van der Waals surface area contributed by atoms with Gasteiger partial charge in [0, 0.05) is 0 Å². The van der Waals surface area contributed by atoms with Crippen molar-refractivity contribution >= 4 is 40.1 Å². The van der Waals surface area contributed by atoms with Crippen LogP contribution >= 0.6 is 22.6 Å². The predicted octanol–water partition coefficient (Wildman–Crippen LogP) is 3.24. The van der Waals surface area contributed by atoms with Crippen molar-refractivity contribution in [1.29, 1.82) is 0 Å². The van der Waals surface area contributed by atoms with Crippen LogP contribution in [0.15, 0.2) is 36.4 Å². The fraction of sp³-hybridized carbons (Fsp3) is 0.0667. The predicted molar refractivity (Wildman–Crippen MR) is 83.3 cm³/mol. The summed E-state index contributed by atoms with van der Waals surface area (Å²) in [7, 11) is 1.30. The molecule has 0 aliphatic carbocycles. The van der Waals surface area contributed by atoms with Gasteiger partial charge in [-0.25, -0.2) is 9.29 Å². The summed E-state index contributed by atoms with van der Waals surface area (Å²) in [5.74, 6) is -1.66. The van der Waals surface area contributed by atoms with E-state index in [4.69, 9.17) is 4.74 Å². The molecule has 1 aliphatic rings. The number of hydrogen-bond donors (Lipinski definition) is 0. The molecule has 21 heavy (non-hydrogen) atoms. The van der Waals surface area contributed by atoms with Crippen molar-refractivity contribution in [2.75, 3.05) is 12.0 Å². The molecule has 0 atom stereocenters. The van der Waals surface area contributed by atoms with Gasteiger partial charge in [-0.15, -0.1) is 0 Å². The highest BCUT2D eigenvalue weighted by Crippen LogP contribution is 2.37. The molecule has 2 aromatic rings. The minimum atomic E-state index is -0.591. The van der Waals surface area contributed by atoms with Crippen molar-refractivity contribution in [3.8, 4) is 5.75 Å². The standard InChI is InChI=1S/C15H9FINO3/c1-21-13-11(7-6-10(17)12(13)16)18-14(19)8-4-2-3-5-9(8)15(18)20/h2-7H,1H3. The number of imide groups is 1. The molecule has 0 N–H and O–H groups in total. The normalized spacial score (nSPS) is 13.6. The first-order valence-corrected chi connectivity index (χ1v) is 7.14. The van der Waals surface area contributed by atoms with Crippen LogP contribution in [0.5, 0.6) is 5.75 Å². The van der Waals surface area contributed by atoms with Gasteiger partial charge in [0.1, 0.15) is 0 Å². The Hall–Kier alpha value is -1.96. The van der Waals surface area contributed by atoms with Crippen molar-refractivity contribution in [2.24, 2.45) is 0 Å². The van der Waals surface area contributed by atoms with Crippen LogP contribution in [0, 0.1) is 9.39 Å². The zero-order chi connectivity index (χ0) is 15.1. The third kappa shape index (κ3) is 2.01. The van der Waals surface area contributed by atoms with Gasteiger partial charge in [0.05, 0.1) is 27.5 Å². The highest BCUT2D eigenvalue weighted by Gasteiger charge is 2.38. The van der Waals surface area contributed by atoms with Gasteiger partial charge in [0.15, 0.2) is 11.6 Å². The monoisotopic (exact) mass is 397 g/mol. The minimum Gasteiger partial charge on any atom is -0.492 e. The summed E-state index contributed by atoms with van der Waals surface area (Å²) in [6.07, 6.45) is 0. The van der Waals surface area contributed by atoms with Gasteiger partial charge in [0.2, 0.25) is 0 Å². The van der Waals surface area contributed by atoms with Crippen LogP contribution in [0.3, 0.4) is 0 Å². The number of rotatable bonds is 2. The van der Waals surface area contributed by atoms with Gasteiger partial charge >= 0.3 is 0 Å². The topological polar surface area (TPSA) is 46.6 Å². The van der Waals surface area contributed by atoms with E-state index in [1.54, 1.807) is 24.3 Å². The number of anilines is 1. The lowest BCUT2D eigenvalue weighted by molar-refractivity contribution is 0.0925. The molecule has 0 radical (unpaired) electrons. The van der Waals surface area contributed by atoms with Gasteiger partial charge in [-0.1, -0.05) is 12.1 Å². The van der Waals surface area contributed by atoms with Gasteiger partial charge in [0.25, 0.3) is 11.8 Å². The first kappa shape index (κ1) is 14.0. The molecule has 0 bridgehead atoms. The maximum absolute atomic E-state index is 14.1. The Balaban J connectivity index is 2.18. The molecule has 2 aromatic carbocycles. The Kier molecular flexibility index (Phi) is 3.40. The van der Waals surface area contributed by atoms with E-state index in [1.807, 2.05) is 22.6 Å². The van der Waals surface area contributed by atoms with Crippen molar-refractivity contribution in [3.05, 3.63) is 56.9 Å². The van der Waals surface area contributed by atoms with Gasteiger partial charge in [-0.3, -0.25) is 9.59 Å². The SMILES string of the molecule is COc1c(N2C(=O)c3ccccc3C2=O)ccc(I)c1F. The molecule has 0 saturated heterocycles. The largest absolute Gasteiger partial charge is 0.492 e. The number of fused-ring (bicyclic) bond motifs is 1. The van der Waals surface area contributed by atoms with Crippen LogP contribution in [-0.4, -0.2) is 18.9 Å². The first-order chi connectivity index (χ1) is 10.1. The molecule has 2 amide bonds. The number of methoxy groups -OCH3 is 1. The Bertz CT molecular complexity index is 741. The lowest BCUT2D eigenvalue weighted by atomic mass is 10.1. The fourth-order valence-corrected chi connectivity index (χ4v) is 2.72. The van der Waals surface area contributed by atoms with Crippen molar-refractivity contribution < 1.29 is 18.7 Å². The number of carbonyl (C=O) groups is 2. The number of halogens is 2. The van der Waals surface area contributed by atoms with Gasteiger partial charge in [-0.2, -0.15) is 0 Å². The summed E-state index contributed by atoms with van der Waals surface area (Å²) >= 11 is 1.82. The zero-order valence-electron chi connectivity index (χ0n) is 10.9. The molecule has 1 aliphatic heterocycles. The molecule has 0 unspecified atom stereocenters. The number of nitrogens with zero attached hydrogens (tertiary/aromatic N) is 1. The Morgan fingerprint density at radius 1 is 1.05 bits per heavy atom. The minimum absolute atomic E-state index is 0.113. The summed E-state index contributed by atoms with van der Waals surface area (Å²) in [4.78, 5) is 25.7. The quantitative estimate of drug-likeness (QED) is 0.578. The number of amides is 2. The Morgan fingerprint density at radius 2 is 1.62 bits per heavy atom. The lowest BCUT2D eigenvalue weighted by Gasteiger charge is -2.18. The molecule has 0 saturated carbocycles. The van der Waals surface area contributed by atoms with Crippen LogP contribution < -0.4 is 9.64 Å². The summed E-state index contributed by atoms with van der Waals surface area (Å²) < 4.78 is 19.5. The van der Waals surface area contributed by atoms with Crippen LogP contribution in [0.4, 0.5) is 10.1 Å². The molecule has 106 valence electrons. The number of ether oxygens (including phenoxy) is 1. The maximum atomic E-state index is 14.1. The van der Waals surface area contributed by atoms with Crippen molar-refractivity contribution in [2.45, 2.75) is 0 Å². The van der Waals surface area contributed by atoms with Gasteiger partial charge < -0.3 is 4.74 Å². The number of benzene rings is 2. The van der Waals surface area contributed by atoms with E-state index in [9.17, 15) is 14.0 Å². The van der Waals surface area contributed by atoms with Crippen LogP contribution in [-0.2, 0) is 0 Å². The van der Waals surface area contributed by atoms with E-state index in [0.717, 1.165) is 4.90 Å². The third-order valence-corrected chi connectivity index (χ3v) is 4.10. The smallest absolute Gasteiger partial charge is 0.266 e. The second-order valence-corrected chi connectivity index (χ2v) is 5.57. The van der Waals surface area contributed by atoms with Gasteiger partial charge in [-0.05, 0) is 46.9 Å². The average Bonchev–Trinajstić information content (AvgIpc) is 2.74. The summed E-state index contributed by atoms with van der Waals surface area (Å²) in [5.41, 5.74) is 0.730. The summed E-state index contributed by atoms with van der Waals surface area (Å²) in [6.45, 7) is 0. The van der Waals surface area contributed by atoms with Crippen LogP contribution in [0.2, 0.25) is 0 Å². The first-order valence-electron chi connectivity index (χ1n) is 6.06. The lowest BCUT2D eigenvalue weighted by Crippen LogP contribution is -2.30. The molecular formula is C15H9FINO3. The molecule has 1 heterocycles. The zero-order valence-corrected chi connectivity index (χ0v) is 13.0. The second kappa shape index (κ2) is 5.10. The van der Waals surface area contributed by atoms with Crippen molar-refractivity contribution in [3.63, 3.8) is 0 Å². The van der Waals surface area contributed by atoms with E-state index >= 15 is 0 Å². The van der Waals surface area contributed by atoms with E-state index in [0.29, 0.717) is 14.7 Å². The van der Waals surface area contributed by atoms with Crippen molar-refractivity contribution in [1.82, 2.24) is 0 Å². The maximum Gasteiger partial charge on any atom is 0.266 e. The summed E-state index contributed by atoms with van der Waals surface area (Å²) in [5, 5.41) is 0. The Labute approximate surface area is 133 Å². The second-order valence-electron chi connectivity index (χ2n) is 4.41. The molecule has 0 fully saturated rings. The summed E-state index contributed by atoms with van der Waals surface area (Å²) in [6, 6.07) is 9.51. The van der Waals surface area contributed by atoms with E-state index < -0.39 is 17.6 Å². The van der Waals surface area contributed by atoms with Crippen LogP contribution in [0.25, 0.3) is 0 Å². The Morgan fingerprint density at radius 3 is 2.14 bits per heavy atom. The number of carbonyl (C=O) groups excluding carboxylic acids is 2. The molecule has 4 nitrogen and oxygen atoms in total. The fourth-order valence-electron chi connectivity index (χ4n) is 2.30. The molecule has 0 spiro atoms. The third-order valence-electron chi connectivity index (χ3n) is 3.27. The molecular weight excluding hydrogens is 388 g/mol. The van der Waals surface area contributed by atoms with E-state index in [-0.39, 0.29) is 11.4 Å². The molecule has 6 heteroatoms. The van der Waals surface area contributed by atoms with Crippen LogP contribution in [0.1, 0.15) is 20.7 Å². The number of hydrogen-bond acceptors (Lipinski definition) is 3. The average molecular weight is 397 g/mol. The molecule has 3 rings (SSSR count). The molecule has 0 aromatic heterocycles. The highest BCUT2D eigenvalue weighted by atomic mass is 127. The highest BCUT2D eigenvalue weighted by molar-refractivity contribution is 14.1. The van der Waals surface area contributed by atoms with E-state index in [1.165, 1.54) is 19.2 Å².